The molecule has 0 saturated heterocycles. The molecule has 2 aromatic rings. The fraction of sp³-hybridized carbons (Fsp3) is 0. The molecule has 0 radical (unpaired) electrons. The van der Waals surface area contributed by atoms with Crippen LogP contribution in [0.3, 0.4) is 0 Å². The van der Waals surface area contributed by atoms with Crippen molar-refractivity contribution in [2.45, 2.75) is 0 Å². The highest BCUT2D eigenvalue weighted by molar-refractivity contribution is 14.1. The number of benzene rings is 1. The van der Waals surface area contributed by atoms with Crippen LogP contribution in [0, 0.1) is 13.7 Å². The monoisotopic (exact) mass is 383 g/mol. The van der Waals surface area contributed by atoms with Gasteiger partial charge >= 0.3 is 0 Å². The van der Waals surface area contributed by atoms with Crippen LogP contribution in [0.5, 0.6) is 0 Å². The summed E-state index contributed by atoms with van der Waals surface area (Å²) in [5, 5.41) is 13.7. The van der Waals surface area contributed by atoms with Crippen molar-refractivity contribution in [2.24, 2.45) is 0 Å². The molecule has 6 heteroatoms. The van der Waals surface area contributed by atoms with Crippen LogP contribution in [0.25, 0.3) is 10.1 Å². The highest BCUT2D eigenvalue weighted by Gasteiger charge is 2.16. The van der Waals surface area contributed by atoms with Crippen molar-refractivity contribution in [3.8, 4) is 0 Å². The summed E-state index contributed by atoms with van der Waals surface area (Å²) in [7, 11) is 0. The molecule has 0 unspecified atom stereocenters. The van der Waals surface area contributed by atoms with Crippen LogP contribution in [-0.2, 0) is 0 Å². The number of fused-ring (bicyclic) bond motifs is 1. The van der Waals surface area contributed by atoms with Crippen molar-refractivity contribution in [3.63, 3.8) is 0 Å². The molecule has 0 fully saturated rings. The quantitative estimate of drug-likeness (QED) is 0.421. The highest BCUT2D eigenvalue weighted by Crippen LogP contribution is 2.38. The summed E-state index contributed by atoms with van der Waals surface area (Å²) in [5.74, 6) is 0. The summed E-state index contributed by atoms with van der Waals surface area (Å²) in [6.45, 7) is 0. The smallest absolute Gasteiger partial charge is 0.258 e. The Labute approximate surface area is 106 Å². The van der Waals surface area contributed by atoms with Crippen LogP contribution in [0.4, 0.5) is 5.69 Å². The van der Waals surface area contributed by atoms with E-state index in [0.29, 0.717) is 4.47 Å². The Hall–Kier alpha value is -0.210. The van der Waals surface area contributed by atoms with Crippen LogP contribution in [0.1, 0.15) is 0 Å². The Morgan fingerprint density at radius 1 is 1.50 bits per heavy atom. The first-order valence-corrected chi connectivity index (χ1v) is 6.36. The van der Waals surface area contributed by atoms with E-state index in [1.54, 1.807) is 6.07 Å². The van der Waals surface area contributed by atoms with Crippen molar-refractivity contribution < 1.29 is 4.92 Å². The zero-order chi connectivity index (χ0) is 10.3. The number of nitro benzene ring substituents is 1. The Morgan fingerprint density at radius 3 is 2.86 bits per heavy atom. The lowest BCUT2D eigenvalue weighted by molar-refractivity contribution is -0.385. The van der Waals surface area contributed by atoms with E-state index in [1.165, 1.54) is 17.4 Å². The van der Waals surface area contributed by atoms with Crippen molar-refractivity contribution in [1.29, 1.82) is 0 Å². The average Bonchev–Trinajstić information content (AvgIpc) is 2.49. The molecule has 0 N–H and O–H groups in total. The van der Waals surface area contributed by atoms with E-state index in [1.807, 2.05) is 5.38 Å². The van der Waals surface area contributed by atoms with Crippen molar-refractivity contribution in [3.05, 3.63) is 35.7 Å². The normalized spacial score (nSPS) is 10.7. The van der Waals surface area contributed by atoms with E-state index in [2.05, 4.69) is 38.5 Å². The minimum Gasteiger partial charge on any atom is -0.258 e. The maximum atomic E-state index is 10.7. The summed E-state index contributed by atoms with van der Waals surface area (Å²) >= 11 is 6.99. The van der Waals surface area contributed by atoms with Crippen LogP contribution in [-0.4, -0.2) is 4.92 Å². The molecule has 1 aromatic heterocycles. The summed E-state index contributed by atoms with van der Waals surface area (Å²) in [6, 6.07) is 3.32. The van der Waals surface area contributed by atoms with Gasteiger partial charge in [-0.15, -0.1) is 11.3 Å². The van der Waals surface area contributed by atoms with Gasteiger partial charge in [0.25, 0.3) is 5.69 Å². The average molecular weight is 384 g/mol. The summed E-state index contributed by atoms with van der Waals surface area (Å²) < 4.78 is 2.63. The van der Waals surface area contributed by atoms with Crippen LogP contribution >= 0.6 is 49.9 Å². The number of hydrogen-bond acceptors (Lipinski definition) is 3. The van der Waals surface area contributed by atoms with Gasteiger partial charge in [0, 0.05) is 20.4 Å². The minimum absolute atomic E-state index is 0.121. The largest absolute Gasteiger partial charge is 0.284 e. The number of hydrogen-bond donors (Lipinski definition) is 0. The molecule has 2 rings (SSSR count). The van der Waals surface area contributed by atoms with Gasteiger partial charge in [-0.1, -0.05) is 0 Å². The van der Waals surface area contributed by atoms with Gasteiger partial charge in [-0.3, -0.25) is 10.1 Å². The minimum atomic E-state index is -0.379. The van der Waals surface area contributed by atoms with Gasteiger partial charge in [0.15, 0.2) is 0 Å². The molecular weight excluding hydrogens is 381 g/mol. The topological polar surface area (TPSA) is 43.1 Å². The maximum Gasteiger partial charge on any atom is 0.284 e. The van der Waals surface area contributed by atoms with Gasteiger partial charge in [-0.25, -0.2) is 0 Å². The fourth-order valence-electron chi connectivity index (χ4n) is 1.16. The third-order valence-corrected chi connectivity index (χ3v) is 5.20. The highest BCUT2D eigenvalue weighted by atomic mass is 127. The van der Waals surface area contributed by atoms with E-state index in [0.717, 1.165) is 13.7 Å². The Morgan fingerprint density at radius 2 is 2.21 bits per heavy atom. The predicted octanol–water partition coefficient (Wildman–Crippen LogP) is 4.18. The number of nitro groups is 1. The molecule has 0 spiro atoms. The van der Waals surface area contributed by atoms with E-state index < -0.39 is 0 Å². The van der Waals surface area contributed by atoms with E-state index >= 15 is 0 Å². The summed E-state index contributed by atoms with van der Waals surface area (Å²) in [5.41, 5.74) is 0.121. The molecule has 0 aliphatic heterocycles. The summed E-state index contributed by atoms with van der Waals surface area (Å²) in [4.78, 5) is 10.3. The van der Waals surface area contributed by atoms with Gasteiger partial charge < -0.3 is 0 Å². The second kappa shape index (κ2) is 3.74. The van der Waals surface area contributed by atoms with Gasteiger partial charge in [0.1, 0.15) is 4.47 Å². The molecule has 72 valence electrons. The first-order chi connectivity index (χ1) is 6.61. The third-order valence-electron chi connectivity index (χ3n) is 1.81. The molecule has 3 nitrogen and oxygen atoms in total. The van der Waals surface area contributed by atoms with Crippen LogP contribution in [0.2, 0.25) is 0 Å². The number of nitrogens with zero attached hydrogens (tertiary/aromatic N) is 1. The fourth-order valence-corrected chi connectivity index (χ4v) is 3.81. The van der Waals surface area contributed by atoms with Gasteiger partial charge in [0.2, 0.25) is 0 Å². The van der Waals surface area contributed by atoms with E-state index in [4.69, 9.17) is 0 Å². The SMILES string of the molecule is O=[N+]([O-])c1ccc2c(I)csc2c1Br. The number of rotatable bonds is 1. The first kappa shape index (κ1) is 10.3. The standard InChI is InChI=1S/C8H3BrINO2S/c9-7-6(11(12)13)2-1-4-5(10)3-14-8(4)7/h1-3H. The Balaban J connectivity index is 2.82. The van der Waals surface area contributed by atoms with E-state index in [9.17, 15) is 10.1 Å². The van der Waals surface area contributed by atoms with Gasteiger partial charge in [-0.2, -0.15) is 0 Å². The zero-order valence-electron chi connectivity index (χ0n) is 6.66. The van der Waals surface area contributed by atoms with Gasteiger partial charge in [0.05, 0.1) is 9.62 Å². The van der Waals surface area contributed by atoms with E-state index in [-0.39, 0.29) is 10.6 Å². The maximum absolute atomic E-state index is 10.7. The number of halogens is 2. The first-order valence-electron chi connectivity index (χ1n) is 3.61. The molecule has 0 aliphatic rings. The second-order valence-electron chi connectivity index (χ2n) is 2.62. The zero-order valence-corrected chi connectivity index (χ0v) is 11.2. The lowest BCUT2D eigenvalue weighted by atomic mass is 10.2. The molecule has 14 heavy (non-hydrogen) atoms. The molecule has 0 bridgehead atoms. The lowest BCUT2D eigenvalue weighted by Crippen LogP contribution is -1.88. The lowest BCUT2D eigenvalue weighted by Gasteiger charge is -1.96. The Bertz CT molecular complexity index is 525. The van der Waals surface area contributed by atoms with Crippen LogP contribution < -0.4 is 0 Å². The van der Waals surface area contributed by atoms with Crippen molar-refractivity contribution >= 4 is 65.6 Å². The molecule has 0 amide bonds. The second-order valence-corrected chi connectivity index (χ2v) is 5.45. The third kappa shape index (κ3) is 1.55. The molecule has 1 aromatic carbocycles. The molecule has 0 atom stereocenters. The predicted molar refractivity (Wildman–Crippen MR) is 68.9 cm³/mol. The summed E-state index contributed by atoms with van der Waals surface area (Å²) in [6.07, 6.45) is 0. The molecular formula is C8H3BrINO2S. The Kier molecular flexibility index (Phi) is 2.76. The van der Waals surface area contributed by atoms with Crippen LogP contribution in [0.15, 0.2) is 22.0 Å². The molecule has 0 saturated carbocycles. The molecule has 1 heterocycles. The number of thiophene rings is 1. The van der Waals surface area contributed by atoms with Gasteiger partial charge in [-0.05, 0) is 44.6 Å². The van der Waals surface area contributed by atoms with Crippen molar-refractivity contribution in [2.75, 3.05) is 0 Å². The van der Waals surface area contributed by atoms with Crippen molar-refractivity contribution in [1.82, 2.24) is 0 Å². The molecule has 0 aliphatic carbocycles.